The van der Waals surface area contributed by atoms with Gasteiger partial charge in [0.05, 0.1) is 13.7 Å². The molecule has 19 heavy (non-hydrogen) atoms. The average molecular weight is 281 g/mol. The number of hydrogen-bond donors (Lipinski definition) is 1. The van der Waals surface area contributed by atoms with Gasteiger partial charge in [0.2, 0.25) is 0 Å². The summed E-state index contributed by atoms with van der Waals surface area (Å²) in [4.78, 5) is 0. The van der Waals surface area contributed by atoms with E-state index in [1.54, 1.807) is 7.11 Å². The van der Waals surface area contributed by atoms with Gasteiger partial charge in [-0.25, -0.2) is 0 Å². The zero-order valence-electron chi connectivity index (χ0n) is 12.0. The molecular weight excluding hydrogens is 258 g/mol. The Labute approximate surface area is 120 Å². The normalized spacial score (nSPS) is 16.2. The molecule has 0 unspecified atom stereocenters. The van der Waals surface area contributed by atoms with Crippen LogP contribution in [0.1, 0.15) is 25.3 Å². The van der Waals surface area contributed by atoms with Crippen LogP contribution in [0.5, 0.6) is 11.5 Å². The van der Waals surface area contributed by atoms with E-state index in [0.717, 1.165) is 30.2 Å². The standard InChI is InChI=1S/C15H23NO2S/c1-4-18-13-7-5-6-12(14(13)17-2)10-16-11-15(19-3)8-9-15/h5-7,16H,4,8-11H2,1-3H3. The molecule has 1 aliphatic carbocycles. The Morgan fingerprint density at radius 3 is 2.74 bits per heavy atom. The molecule has 0 bridgehead atoms. The summed E-state index contributed by atoms with van der Waals surface area (Å²) < 4.78 is 11.6. The summed E-state index contributed by atoms with van der Waals surface area (Å²) in [5.41, 5.74) is 1.16. The highest BCUT2D eigenvalue weighted by Gasteiger charge is 2.41. The van der Waals surface area contributed by atoms with Gasteiger partial charge in [-0.3, -0.25) is 0 Å². The smallest absolute Gasteiger partial charge is 0.165 e. The summed E-state index contributed by atoms with van der Waals surface area (Å²) >= 11 is 1.98. The van der Waals surface area contributed by atoms with Crippen molar-refractivity contribution >= 4 is 11.8 Å². The van der Waals surface area contributed by atoms with E-state index in [1.807, 2.05) is 30.8 Å². The second-order valence-electron chi connectivity index (χ2n) is 4.87. The van der Waals surface area contributed by atoms with E-state index in [9.17, 15) is 0 Å². The fraction of sp³-hybridized carbons (Fsp3) is 0.600. The van der Waals surface area contributed by atoms with Crippen molar-refractivity contribution in [2.75, 3.05) is 26.5 Å². The summed E-state index contributed by atoms with van der Waals surface area (Å²) in [5.74, 6) is 1.68. The summed E-state index contributed by atoms with van der Waals surface area (Å²) in [5, 5.41) is 3.54. The third kappa shape index (κ3) is 3.57. The molecule has 1 N–H and O–H groups in total. The van der Waals surface area contributed by atoms with Crippen LogP contribution in [0.25, 0.3) is 0 Å². The first kappa shape index (κ1) is 14.5. The molecule has 0 amide bonds. The van der Waals surface area contributed by atoms with E-state index in [2.05, 4.69) is 17.6 Å². The molecule has 0 spiro atoms. The van der Waals surface area contributed by atoms with Crippen LogP contribution in [0.15, 0.2) is 18.2 Å². The van der Waals surface area contributed by atoms with Crippen molar-refractivity contribution in [1.29, 1.82) is 0 Å². The lowest BCUT2D eigenvalue weighted by Crippen LogP contribution is -2.25. The fourth-order valence-corrected chi connectivity index (χ4v) is 2.98. The summed E-state index contributed by atoms with van der Waals surface area (Å²) in [7, 11) is 1.70. The molecule has 0 aromatic heterocycles. The molecule has 3 nitrogen and oxygen atoms in total. The van der Waals surface area contributed by atoms with Crippen molar-refractivity contribution in [1.82, 2.24) is 5.32 Å². The number of benzene rings is 1. The number of nitrogens with one attached hydrogen (secondary N) is 1. The quantitative estimate of drug-likeness (QED) is 0.793. The van der Waals surface area contributed by atoms with E-state index in [4.69, 9.17) is 9.47 Å². The Bertz CT molecular complexity index is 419. The van der Waals surface area contributed by atoms with Crippen LogP contribution in [0.3, 0.4) is 0 Å². The second kappa shape index (κ2) is 6.53. The Morgan fingerprint density at radius 2 is 2.16 bits per heavy atom. The molecule has 0 atom stereocenters. The van der Waals surface area contributed by atoms with Crippen molar-refractivity contribution in [2.45, 2.75) is 31.1 Å². The average Bonchev–Trinajstić information content (AvgIpc) is 3.20. The molecule has 2 rings (SSSR count). The van der Waals surface area contributed by atoms with Gasteiger partial charge in [0.25, 0.3) is 0 Å². The van der Waals surface area contributed by atoms with Gasteiger partial charge in [0.1, 0.15) is 0 Å². The third-order valence-corrected chi connectivity index (χ3v) is 4.99. The first-order valence-electron chi connectivity index (χ1n) is 6.79. The predicted octanol–water partition coefficient (Wildman–Crippen LogP) is 3.08. The minimum absolute atomic E-state index is 0.491. The first-order chi connectivity index (χ1) is 9.24. The van der Waals surface area contributed by atoms with E-state index in [1.165, 1.54) is 12.8 Å². The molecule has 0 saturated heterocycles. The Balaban J connectivity index is 1.97. The maximum atomic E-state index is 5.59. The lowest BCUT2D eigenvalue weighted by atomic mass is 10.2. The van der Waals surface area contributed by atoms with Gasteiger partial charge in [-0.2, -0.15) is 11.8 Å². The highest BCUT2D eigenvalue weighted by Crippen LogP contribution is 2.46. The number of hydrogen-bond acceptors (Lipinski definition) is 4. The Hall–Kier alpha value is -0.870. The Kier molecular flexibility index (Phi) is 4.99. The monoisotopic (exact) mass is 281 g/mol. The van der Waals surface area contributed by atoms with Crippen LogP contribution in [0.2, 0.25) is 0 Å². The van der Waals surface area contributed by atoms with Gasteiger partial charge in [-0.15, -0.1) is 0 Å². The van der Waals surface area contributed by atoms with Crippen molar-refractivity contribution in [2.24, 2.45) is 0 Å². The van der Waals surface area contributed by atoms with E-state index < -0.39 is 0 Å². The first-order valence-corrected chi connectivity index (χ1v) is 8.01. The third-order valence-electron chi connectivity index (χ3n) is 3.57. The number of methoxy groups -OCH3 is 1. The molecular formula is C15H23NO2S. The largest absolute Gasteiger partial charge is 0.493 e. The molecule has 1 saturated carbocycles. The zero-order valence-corrected chi connectivity index (χ0v) is 12.8. The fourth-order valence-electron chi connectivity index (χ4n) is 2.22. The van der Waals surface area contributed by atoms with Crippen molar-refractivity contribution in [3.05, 3.63) is 23.8 Å². The maximum Gasteiger partial charge on any atom is 0.165 e. The van der Waals surface area contributed by atoms with Crippen LogP contribution in [-0.4, -0.2) is 31.3 Å². The second-order valence-corrected chi connectivity index (χ2v) is 6.15. The molecule has 0 radical (unpaired) electrons. The van der Waals surface area contributed by atoms with Gasteiger partial charge in [0.15, 0.2) is 11.5 Å². The van der Waals surface area contributed by atoms with Crippen LogP contribution in [-0.2, 0) is 6.54 Å². The van der Waals surface area contributed by atoms with Crippen LogP contribution < -0.4 is 14.8 Å². The Morgan fingerprint density at radius 1 is 1.37 bits per heavy atom. The number of para-hydroxylation sites is 1. The summed E-state index contributed by atoms with van der Waals surface area (Å²) in [6, 6.07) is 6.06. The van der Waals surface area contributed by atoms with Crippen molar-refractivity contribution < 1.29 is 9.47 Å². The topological polar surface area (TPSA) is 30.5 Å². The molecule has 1 fully saturated rings. The number of ether oxygens (including phenoxy) is 2. The van der Waals surface area contributed by atoms with Crippen molar-refractivity contribution in [3.63, 3.8) is 0 Å². The number of rotatable bonds is 8. The molecule has 106 valence electrons. The highest BCUT2D eigenvalue weighted by molar-refractivity contribution is 8.00. The van der Waals surface area contributed by atoms with Gasteiger partial charge < -0.3 is 14.8 Å². The summed E-state index contributed by atoms with van der Waals surface area (Å²) in [6.07, 6.45) is 4.86. The molecule has 4 heteroatoms. The van der Waals surface area contributed by atoms with Crippen molar-refractivity contribution in [3.8, 4) is 11.5 Å². The van der Waals surface area contributed by atoms with Gasteiger partial charge in [0, 0.05) is 23.4 Å². The van der Waals surface area contributed by atoms with E-state index in [0.29, 0.717) is 11.4 Å². The van der Waals surface area contributed by atoms with Crippen LogP contribution >= 0.6 is 11.8 Å². The maximum absolute atomic E-state index is 5.59. The molecule has 1 aliphatic rings. The van der Waals surface area contributed by atoms with Crippen LogP contribution in [0, 0.1) is 0 Å². The highest BCUT2D eigenvalue weighted by atomic mass is 32.2. The van der Waals surface area contributed by atoms with Gasteiger partial charge in [-0.1, -0.05) is 12.1 Å². The number of thioether (sulfide) groups is 1. The summed E-state index contributed by atoms with van der Waals surface area (Å²) in [6.45, 7) is 4.53. The van der Waals surface area contributed by atoms with E-state index >= 15 is 0 Å². The van der Waals surface area contributed by atoms with Crippen LogP contribution in [0.4, 0.5) is 0 Å². The zero-order chi connectivity index (χ0) is 13.7. The SMILES string of the molecule is CCOc1cccc(CNCC2(SC)CC2)c1OC. The molecule has 0 aliphatic heterocycles. The molecule has 1 aromatic carbocycles. The predicted molar refractivity (Wildman–Crippen MR) is 81.3 cm³/mol. The molecule has 0 heterocycles. The lowest BCUT2D eigenvalue weighted by molar-refractivity contribution is 0.308. The van der Waals surface area contributed by atoms with E-state index in [-0.39, 0.29) is 0 Å². The minimum atomic E-state index is 0.491. The molecule has 1 aromatic rings. The minimum Gasteiger partial charge on any atom is -0.493 e. The van der Waals surface area contributed by atoms with Gasteiger partial charge >= 0.3 is 0 Å². The lowest BCUT2D eigenvalue weighted by Gasteiger charge is -2.16. The van der Waals surface area contributed by atoms with Gasteiger partial charge in [-0.05, 0) is 32.1 Å².